The van der Waals surface area contributed by atoms with Gasteiger partial charge in [0, 0.05) is 10.6 Å². The van der Waals surface area contributed by atoms with Crippen LogP contribution >= 0.6 is 23.2 Å². The lowest BCUT2D eigenvalue weighted by molar-refractivity contribution is 0.532. The third-order valence-corrected chi connectivity index (χ3v) is 3.41. The second-order valence-corrected chi connectivity index (χ2v) is 4.82. The lowest BCUT2D eigenvalue weighted by Gasteiger charge is -2.11. The molecule has 1 aromatic carbocycles. The van der Waals surface area contributed by atoms with Crippen molar-refractivity contribution < 1.29 is 8.81 Å². The van der Waals surface area contributed by atoms with Gasteiger partial charge in [0.25, 0.3) is 0 Å². The summed E-state index contributed by atoms with van der Waals surface area (Å²) in [5, 5.41) is -0.105. The van der Waals surface area contributed by atoms with Crippen molar-refractivity contribution in [2.24, 2.45) is 0 Å². The quantitative estimate of drug-likeness (QED) is 0.700. The minimum absolute atomic E-state index is 0.326. The zero-order chi connectivity index (χ0) is 12.6. The number of furan rings is 1. The normalized spacial score (nSPS) is 12.8. The Morgan fingerprint density at radius 1 is 1.24 bits per heavy atom. The SMILES string of the molecule is Cc1cc(C(Cl)c2cc(C)c(F)cc2Cl)co1. The fourth-order valence-corrected chi connectivity index (χ4v) is 2.26. The Bertz CT molecular complexity index is 548. The molecule has 0 saturated heterocycles. The fourth-order valence-electron chi connectivity index (χ4n) is 1.65. The Labute approximate surface area is 109 Å². The number of hydrogen-bond acceptors (Lipinski definition) is 1. The lowest BCUT2D eigenvalue weighted by Crippen LogP contribution is -1.95. The van der Waals surface area contributed by atoms with E-state index in [1.165, 1.54) is 6.07 Å². The molecule has 0 radical (unpaired) electrons. The number of benzene rings is 1. The molecule has 1 heterocycles. The van der Waals surface area contributed by atoms with E-state index in [4.69, 9.17) is 27.6 Å². The first-order chi connectivity index (χ1) is 7.99. The predicted octanol–water partition coefficient (Wildman–Crippen LogP) is 5.02. The molecular weight excluding hydrogens is 262 g/mol. The molecule has 0 N–H and O–H groups in total. The number of halogens is 3. The highest BCUT2D eigenvalue weighted by molar-refractivity contribution is 6.33. The van der Waals surface area contributed by atoms with E-state index < -0.39 is 5.38 Å². The predicted molar refractivity (Wildman–Crippen MR) is 67.3 cm³/mol. The van der Waals surface area contributed by atoms with Crippen LogP contribution in [0, 0.1) is 19.7 Å². The van der Waals surface area contributed by atoms with Crippen LogP contribution in [-0.4, -0.2) is 0 Å². The van der Waals surface area contributed by atoms with E-state index in [2.05, 4.69) is 0 Å². The Morgan fingerprint density at radius 2 is 1.94 bits per heavy atom. The molecule has 2 aromatic rings. The van der Waals surface area contributed by atoms with Gasteiger partial charge in [0.15, 0.2) is 0 Å². The van der Waals surface area contributed by atoms with Crippen molar-refractivity contribution in [1.29, 1.82) is 0 Å². The minimum atomic E-state index is -0.431. The summed E-state index contributed by atoms with van der Waals surface area (Å²) in [4.78, 5) is 0. The van der Waals surface area contributed by atoms with Crippen molar-refractivity contribution in [2.75, 3.05) is 0 Å². The van der Waals surface area contributed by atoms with Crippen molar-refractivity contribution >= 4 is 23.2 Å². The van der Waals surface area contributed by atoms with Crippen molar-refractivity contribution in [2.45, 2.75) is 19.2 Å². The van der Waals surface area contributed by atoms with Gasteiger partial charge in [-0.1, -0.05) is 11.6 Å². The van der Waals surface area contributed by atoms with Gasteiger partial charge in [0.2, 0.25) is 0 Å². The summed E-state index contributed by atoms with van der Waals surface area (Å²) < 4.78 is 18.5. The highest BCUT2D eigenvalue weighted by atomic mass is 35.5. The van der Waals surface area contributed by atoms with E-state index in [9.17, 15) is 4.39 Å². The lowest BCUT2D eigenvalue weighted by atomic mass is 10.0. The molecule has 0 spiro atoms. The maximum Gasteiger partial charge on any atom is 0.127 e. The molecule has 1 aromatic heterocycles. The monoisotopic (exact) mass is 272 g/mol. The van der Waals surface area contributed by atoms with Crippen LogP contribution in [0.4, 0.5) is 4.39 Å². The third kappa shape index (κ3) is 2.48. The summed E-state index contributed by atoms with van der Waals surface area (Å²) in [6.45, 7) is 3.52. The molecule has 0 amide bonds. The van der Waals surface area contributed by atoms with E-state index in [1.807, 2.05) is 13.0 Å². The van der Waals surface area contributed by atoms with Crippen LogP contribution in [-0.2, 0) is 0 Å². The molecule has 1 atom stereocenters. The minimum Gasteiger partial charge on any atom is -0.469 e. The molecular formula is C13H11Cl2FO. The van der Waals surface area contributed by atoms with Crippen molar-refractivity contribution in [3.8, 4) is 0 Å². The summed E-state index contributed by atoms with van der Waals surface area (Å²) >= 11 is 12.3. The van der Waals surface area contributed by atoms with Crippen LogP contribution in [0.15, 0.2) is 28.9 Å². The Kier molecular flexibility index (Phi) is 3.45. The van der Waals surface area contributed by atoms with Gasteiger partial charge in [-0.3, -0.25) is 0 Å². The first kappa shape index (κ1) is 12.5. The molecule has 90 valence electrons. The number of hydrogen-bond donors (Lipinski definition) is 0. The standard InChI is InChI=1S/C13H11Cl2FO/c1-7-3-10(11(14)5-12(7)16)13(15)9-4-8(2)17-6-9/h3-6,13H,1-2H3. The van der Waals surface area contributed by atoms with Crippen molar-refractivity contribution in [3.05, 3.63) is 57.8 Å². The summed E-state index contributed by atoms with van der Waals surface area (Å²) in [6.07, 6.45) is 1.59. The average molecular weight is 273 g/mol. The number of rotatable bonds is 2. The highest BCUT2D eigenvalue weighted by Crippen LogP contribution is 2.35. The van der Waals surface area contributed by atoms with E-state index in [1.54, 1.807) is 19.3 Å². The second kappa shape index (κ2) is 4.71. The molecule has 2 rings (SSSR count). The molecule has 4 heteroatoms. The first-order valence-electron chi connectivity index (χ1n) is 5.13. The smallest absolute Gasteiger partial charge is 0.127 e. The van der Waals surface area contributed by atoms with Gasteiger partial charge < -0.3 is 4.42 Å². The van der Waals surface area contributed by atoms with Crippen LogP contribution in [0.25, 0.3) is 0 Å². The molecule has 0 fully saturated rings. The maximum absolute atomic E-state index is 13.3. The third-order valence-electron chi connectivity index (χ3n) is 2.59. The molecule has 0 saturated carbocycles. The zero-order valence-corrected chi connectivity index (χ0v) is 10.9. The van der Waals surface area contributed by atoms with Crippen LogP contribution in [0.1, 0.15) is 27.8 Å². The Hall–Kier alpha value is -0.990. The topological polar surface area (TPSA) is 13.1 Å². The maximum atomic E-state index is 13.3. The van der Waals surface area contributed by atoms with E-state index in [0.29, 0.717) is 16.1 Å². The average Bonchev–Trinajstić information content (AvgIpc) is 2.69. The van der Waals surface area contributed by atoms with Crippen molar-refractivity contribution in [3.63, 3.8) is 0 Å². The Morgan fingerprint density at radius 3 is 2.53 bits per heavy atom. The Balaban J connectivity index is 2.43. The summed E-state index contributed by atoms with van der Waals surface area (Å²) in [5.74, 6) is 0.451. The largest absolute Gasteiger partial charge is 0.469 e. The van der Waals surface area contributed by atoms with E-state index >= 15 is 0 Å². The summed E-state index contributed by atoms with van der Waals surface area (Å²) in [5.41, 5.74) is 2.03. The molecule has 1 nitrogen and oxygen atoms in total. The fraction of sp³-hybridized carbons (Fsp3) is 0.231. The van der Waals surface area contributed by atoms with Crippen LogP contribution < -0.4 is 0 Å². The van der Waals surface area contributed by atoms with Gasteiger partial charge in [0.05, 0.1) is 11.6 Å². The highest BCUT2D eigenvalue weighted by Gasteiger charge is 2.17. The van der Waals surface area contributed by atoms with Crippen LogP contribution in [0.3, 0.4) is 0 Å². The number of aryl methyl sites for hydroxylation is 2. The number of alkyl halides is 1. The van der Waals surface area contributed by atoms with E-state index in [-0.39, 0.29) is 5.82 Å². The van der Waals surface area contributed by atoms with Gasteiger partial charge in [-0.15, -0.1) is 11.6 Å². The van der Waals surface area contributed by atoms with Crippen LogP contribution in [0.2, 0.25) is 5.02 Å². The van der Waals surface area contributed by atoms with Gasteiger partial charge in [-0.25, -0.2) is 4.39 Å². The second-order valence-electron chi connectivity index (χ2n) is 3.98. The molecule has 0 aliphatic carbocycles. The first-order valence-corrected chi connectivity index (χ1v) is 5.95. The van der Waals surface area contributed by atoms with Gasteiger partial charge in [-0.05, 0) is 43.2 Å². The molecule has 0 aliphatic heterocycles. The van der Waals surface area contributed by atoms with E-state index in [0.717, 1.165) is 11.3 Å². The molecule has 1 unspecified atom stereocenters. The van der Waals surface area contributed by atoms with Gasteiger partial charge >= 0.3 is 0 Å². The molecule has 17 heavy (non-hydrogen) atoms. The molecule has 0 bridgehead atoms. The summed E-state index contributed by atoms with van der Waals surface area (Å²) in [6, 6.07) is 4.79. The summed E-state index contributed by atoms with van der Waals surface area (Å²) in [7, 11) is 0. The zero-order valence-electron chi connectivity index (χ0n) is 9.43. The van der Waals surface area contributed by atoms with Crippen LogP contribution in [0.5, 0.6) is 0 Å². The van der Waals surface area contributed by atoms with Gasteiger partial charge in [0.1, 0.15) is 11.6 Å². The molecule has 0 aliphatic rings. The van der Waals surface area contributed by atoms with Gasteiger partial charge in [-0.2, -0.15) is 0 Å². The van der Waals surface area contributed by atoms with Crippen molar-refractivity contribution in [1.82, 2.24) is 0 Å².